The first-order valence-electron chi connectivity index (χ1n) is 6.62. The van der Waals surface area contributed by atoms with E-state index in [-0.39, 0.29) is 0 Å². The van der Waals surface area contributed by atoms with E-state index in [2.05, 4.69) is 33.7 Å². The minimum absolute atomic E-state index is 0.663. The number of pyridine rings is 1. The van der Waals surface area contributed by atoms with Gasteiger partial charge in [0.25, 0.3) is 0 Å². The number of anilines is 1. The topological polar surface area (TPSA) is 54.2 Å². The van der Waals surface area contributed by atoms with Crippen LogP contribution in [0.2, 0.25) is 0 Å². The molecule has 0 unspecified atom stereocenters. The van der Waals surface area contributed by atoms with Gasteiger partial charge in [-0.3, -0.25) is 0 Å². The molecule has 3 heterocycles. The van der Waals surface area contributed by atoms with E-state index in [9.17, 15) is 0 Å². The highest BCUT2D eigenvalue weighted by Crippen LogP contribution is 2.11. The van der Waals surface area contributed by atoms with Crippen molar-refractivity contribution in [2.45, 2.75) is 32.2 Å². The molecule has 5 heteroatoms. The largest absolute Gasteiger partial charge is 0.353 e. The number of hydrogen-bond acceptors (Lipinski definition) is 4. The van der Waals surface area contributed by atoms with Gasteiger partial charge in [-0.2, -0.15) is 4.98 Å². The van der Waals surface area contributed by atoms with Crippen LogP contribution in [-0.4, -0.2) is 33.7 Å². The summed E-state index contributed by atoms with van der Waals surface area (Å²) in [6.45, 7) is 4.14. The highest BCUT2D eigenvalue weighted by Gasteiger charge is 2.13. The van der Waals surface area contributed by atoms with Crippen molar-refractivity contribution >= 4 is 11.6 Å². The van der Waals surface area contributed by atoms with Crippen molar-refractivity contribution < 1.29 is 0 Å². The Labute approximate surface area is 107 Å². The van der Waals surface area contributed by atoms with E-state index in [0.717, 1.165) is 36.7 Å². The zero-order valence-corrected chi connectivity index (χ0v) is 10.7. The molecule has 0 spiro atoms. The van der Waals surface area contributed by atoms with Crippen LogP contribution in [0.4, 0.5) is 5.95 Å². The lowest BCUT2D eigenvalue weighted by molar-refractivity contribution is 0.573. The molecule has 2 aromatic heterocycles. The molecule has 5 nitrogen and oxygen atoms in total. The summed E-state index contributed by atoms with van der Waals surface area (Å²) in [6.07, 6.45) is 5.66. The molecule has 0 radical (unpaired) electrons. The van der Waals surface area contributed by atoms with Crippen LogP contribution in [-0.2, 0) is 0 Å². The fraction of sp³-hybridized carbons (Fsp3) is 0.538. The Morgan fingerprint density at radius 2 is 2.50 bits per heavy atom. The van der Waals surface area contributed by atoms with Crippen LogP contribution in [0.25, 0.3) is 5.65 Å². The third kappa shape index (κ3) is 2.31. The molecule has 2 N–H and O–H groups in total. The van der Waals surface area contributed by atoms with E-state index >= 15 is 0 Å². The molecule has 0 aliphatic carbocycles. The molecule has 0 amide bonds. The molecule has 0 bridgehead atoms. The second-order valence-corrected chi connectivity index (χ2v) is 4.90. The number of hydrogen-bond donors (Lipinski definition) is 2. The zero-order chi connectivity index (χ0) is 12.4. The molecule has 3 rings (SSSR count). The zero-order valence-electron chi connectivity index (χ0n) is 10.7. The van der Waals surface area contributed by atoms with Crippen LogP contribution in [0.3, 0.4) is 0 Å². The number of nitrogens with zero attached hydrogens (tertiary/aromatic N) is 3. The van der Waals surface area contributed by atoms with Crippen LogP contribution < -0.4 is 10.6 Å². The highest BCUT2D eigenvalue weighted by atomic mass is 15.3. The van der Waals surface area contributed by atoms with Gasteiger partial charge in [0, 0.05) is 18.8 Å². The average Bonchev–Trinajstić information content (AvgIpc) is 2.98. The first-order chi connectivity index (χ1) is 8.83. The second-order valence-electron chi connectivity index (χ2n) is 4.90. The van der Waals surface area contributed by atoms with Crippen molar-refractivity contribution in [3.63, 3.8) is 0 Å². The maximum Gasteiger partial charge on any atom is 0.243 e. The van der Waals surface area contributed by atoms with Gasteiger partial charge in [0.05, 0.1) is 0 Å². The second kappa shape index (κ2) is 4.94. The van der Waals surface area contributed by atoms with Gasteiger partial charge in [-0.25, -0.2) is 4.52 Å². The van der Waals surface area contributed by atoms with Crippen molar-refractivity contribution in [2.24, 2.45) is 0 Å². The summed E-state index contributed by atoms with van der Waals surface area (Å²) < 4.78 is 1.82. The van der Waals surface area contributed by atoms with Crippen molar-refractivity contribution in [3.05, 3.63) is 23.9 Å². The summed E-state index contributed by atoms with van der Waals surface area (Å²) in [4.78, 5) is 4.50. The summed E-state index contributed by atoms with van der Waals surface area (Å²) in [7, 11) is 0. The maximum absolute atomic E-state index is 4.50. The molecule has 1 fully saturated rings. The van der Waals surface area contributed by atoms with Gasteiger partial charge in [-0.05, 0) is 44.4 Å². The lowest BCUT2D eigenvalue weighted by Crippen LogP contribution is -2.24. The summed E-state index contributed by atoms with van der Waals surface area (Å²) in [5.41, 5.74) is 2.08. The summed E-state index contributed by atoms with van der Waals surface area (Å²) >= 11 is 0. The standard InChI is InChI=1S/C13H19N5/c1-10-4-3-9-18-12(10)16-13(17-18)15-8-6-11-5-2-7-14-11/h3-4,9,11,14H,2,5-8H2,1H3,(H,15,17)/t11-/m0/s1. The number of aryl methyl sites for hydroxylation is 1. The molecular weight excluding hydrogens is 226 g/mol. The van der Waals surface area contributed by atoms with Crippen LogP contribution in [0, 0.1) is 6.92 Å². The van der Waals surface area contributed by atoms with E-state index in [1.807, 2.05) is 16.8 Å². The van der Waals surface area contributed by atoms with E-state index in [1.54, 1.807) is 0 Å². The first kappa shape index (κ1) is 11.5. The highest BCUT2D eigenvalue weighted by molar-refractivity contribution is 5.49. The van der Waals surface area contributed by atoms with E-state index < -0.39 is 0 Å². The lowest BCUT2D eigenvalue weighted by atomic mass is 10.2. The molecule has 1 aliphatic rings. The first-order valence-corrected chi connectivity index (χ1v) is 6.62. The molecule has 18 heavy (non-hydrogen) atoms. The molecule has 96 valence electrons. The fourth-order valence-electron chi connectivity index (χ4n) is 2.48. The average molecular weight is 245 g/mol. The predicted molar refractivity (Wildman–Crippen MR) is 71.9 cm³/mol. The minimum Gasteiger partial charge on any atom is -0.353 e. The van der Waals surface area contributed by atoms with Crippen LogP contribution in [0.15, 0.2) is 18.3 Å². The Balaban J connectivity index is 1.62. The smallest absolute Gasteiger partial charge is 0.243 e. The van der Waals surface area contributed by atoms with E-state index in [4.69, 9.17) is 0 Å². The number of rotatable bonds is 4. The number of fused-ring (bicyclic) bond motifs is 1. The van der Waals surface area contributed by atoms with Crippen LogP contribution >= 0.6 is 0 Å². The molecule has 1 atom stereocenters. The van der Waals surface area contributed by atoms with Crippen molar-refractivity contribution in [1.29, 1.82) is 0 Å². The summed E-state index contributed by atoms with van der Waals surface area (Å²) in [5, 5.41) is 11.2. The van der Waals surface area contributed by atoms with Gasteiger partial charge in [-0.15, -0.1) is 5.10 Å². The van der Waals surface area contributed by atoms with Crippen molar-refractivity contribution in [3.8, 4) is 0 Å². The Morgan fingerprint density at radius 3 is 3.28 bits per heavy atom. The summed E-state index contributed by atoms with van der Waals surface area (Å²) in [6, 6.07) is 4.70. The summed E-state index contributed by atoms with van der Waals surface area (Å²) in [5.74, 6) is 0.724. The third-order valence-corrected chi connectivity index (χ3v) is 3.50. The van der Waals surface area contributed by atoms with Crippen LogP contribution in [0.5, 0.6) is 0 Å². The van der Waals surface area contributed by atoms with Crippen molar-refractivity contribution in [2.75, 3.05) is 18.4 Å². The number of aromatic nitrogens is 3. The quantitative estimate of drug-likeness (QED) is 0.859. The molecule has 0 saturated carbocycles. The predicted octanol–water partition coefficient (Wildman–Crippen LogP) is 1.59. The molecule has 1 saturated heterocycles. The van der Waals surface area contributed by atoms with Gasteiger partial charge in [0.2, 0.25) is 5.95 Å². The van der Waals surface area contributed by atoms with Gasteiger partial charge < -0.3 is 10.6 Å². The SMILES string of the molecule is Cc1cccn2nc(NCC[C@@H]3CCCN3)nc12. The molecule has 1 aliphatic heterocycles. The monoisotopic (exact) mass is 245 g/mol. The lowest BCUT2D eigenvalue weighted by Gasteiger charge is -2.09. The van der Waals surface area contributed by atoms with Gasteiger partial charge in [-0.1, -0.05) is 6.07 Å². The minimum atomic E-state index is 0.663. The normalized spacial score (nSPS) is 19.5. The van der Waals surface area contributed by atoms with E-state index in [0.29, 0.717) is 6.04 Å². The van der Waals surface area contributed by atoms with Crippen LogP contribution in [0.1, 0.15) is 24.8 Å². The Bertz CT molecular complexity index is 527. The van der Waals surface area contributed by atoms with Crippen molar-refractivity contribution in [1.82, 2.24) is 19.9 Å². The third-order valence-electron chi connectivity index (χ3n) is 3.50. The fourth-order valence-corrected chi connectivity index (χ4v) is 2.48. The van der Waals surface area contributed by atoms with E-state index in [1.165, 1.54) is 12.8 Å². The molecular formula is C13H19N5. The van der Waals surface area contributed by atoms with Gasteiger partial charge in [0.1, 0.15) is 0 Å². The molecule has 2 aromatic rings. The van der Waals surface area contributed by atoms with Gasteiger partial charge >= 0.3 is 0 Å². The Hall–Kier alpha value is -1.62. The van der Waals surface area contributed by atoms with Gasteiger partial charge in [0.15, 0.2) is 5.65 Å². The molecule has 0 aromatic carbocycles. The number of nitrogens with one attached hydrogen (secondary N) is 2. The Morgan fingerprint density at radius 1 is 1.56 bits per heavy atom. The maximum atomic E-state index is 4.50. The Kier molecular flexibility index (Phi) is 3.15.